The Hall–Kier alpha value is -0.120. The van der Waals surface area contributed by atoms with Gasteiger partial charge in [-0.3, -0.25) is 0 Å². The Morgan fingerprint density at radius 2 is 1.53 bits per heavy atom. The van der Waals surface area contributed by atoms with E-state index in [2.05, 4.69) is 6.92 Å². The molecular formula is C16H32O3. The SMILES string of the molecule is CCCCCCCCCCCC1(O)OCC(O)C1C. The van der Waals surface area contributed by atoms with Crippen LogP contribution in [0.15, 0.2) is 0 Å². The minimum Gasteiger partial charge on any atom is -0.390 e. The molecule has 0 bridgehead atoms. The molecule has 1 aliphatic heterocycles. The van der Waals surface area contributed by atoms with Crippen molar-refractivity contribution in [3.8, 4) is 0 Å². The van der Waals surface area contributed by atoms with Gasteiger partial charge in [-0.25, -0.2) is 0 Å². The third-order valence-corrected chi connectivity index (χ3v) is 4.43. The van der Waals surface area contributed by atoms with Crippen LogP contribution in [0.2, 0.25) is 0 Å². The van der Waals surface area contributed by atoms with Gasteiger partial charge in [0.15, 0.2) is 5.79 Å². The molecular weight excluding hydrogens is 240 g/mol. The van der Waals surface area contributed by atoms with Crippen molar-refractivity contribution in [2.45, 2.75) is 89.9 Å². The van der Waals surface area contributed by atoms with E-state index < -0.39 is 11.9 Å². The van der Waals surface area contributed by atoms with E-state index in [-0.39, 0.29) is 12.5 Å². The Morgan fingerprint density at radius 3 is 2.00 bits per heavy atom. The van der Waals surface area contributed by atoms with E-state index >= 15 is 0 Å². The lowest BCUT2D eigenvalue weighted by molar-refractivity contribution is -0.197. The molecule has 0 radical (unpaired) electrons. The van der Waals surface area contributed by atoms with Crippen LogP contribution in [-0.2, 0) is 4.74 Å². The van der Waals surface area contributed by atoms with Crippen LogP contribution in [0.1, 0.15) is 78.1 Å². The van der Waals surface area contributed by atoms with Gasteiger partial charge in [-0.1, -0.05) is 65.2 Å². The largest absolute Gasteiger partial charge is 0.390 e. The molecule has 0 aromatic rings. The van der Waals surface area contributed by atoms with Crippen molar-refractivity contribution in [2.75, 3.05) is 6.61 Å². The summed E-state index contributed by atoms with van der Waals surface area (Å²) in [5.41, 5.74) is 0. The van der Waals surface area contributed by atoms with Gasteiger partial charge in [0, 0.05) is 12.3 Å². The van der Waals surface area contributed by atoms with Crippen LogP contribution in [0.25, 0.3) is 0 Å². The summed E-state index contributed by atoms with van der Waals surface area (Å²) in [4.78, 5) is 0. The molecule has 3 unspecified atom stereocenters. The first-order chi connectivity index (χ1) is 9.10. The lowest BCUT2D eigenvalue weighted by Gasteiger charge is -2.26. The number of hydrogen-bond acceptors (Lipinski definition) is 3. The topological polar surface area (TPSA) is 49.7 Å². The Morgan fingerprint density at radius 1 is 1.00 bits per heavy atom. The van der Waals surface area contributed by atoms with E-state index in [9.17, 15) is 10.2 Å². The van der Waals surface area contributed by atoms with Gasteiger partial charge >= 0.3 is 0 Å². The number of rotatable bonds is 10. The van der Waals surface area contributed by atoms with Crippen LogP contribution in [0.4, 0.5) is 0 Å². The maximum Gasteiger partial charge on any atom is 0.170 e. The Kier molecular flexibility index (Phi) is 7.96. The zero-order valence-corrected chi connectivity index (χ0v) is 12.7. The summed E-state index contributed by atoms with van der Waals surface area (Å²) in [5, 5.41) is 19.8. The van der Waals surface area contributed by atoms with Gasteiger partial charge in [0.05, 0.1) is 12.7 Å². The molecule has 0 spiro atoms. The molecule has 0 aliphatic carbocycles. The minimum absolute atomic E-state index is 0.165. The second-order valence-corrected chi connectivity index (χ2v) is 6.09. The van der Waals surface area contributed by atoms with E-state index in [4.69, 9.17) is 4.74 Å². The first-order valence-corrected chi connectivity index (χ1v) is 8.14. The van der Waals surface area contributed by atoms with Crippen molar-refractivity contribution < 1.29 is 14.9 Å². The van der Waals surface area contributed by atoms with Gasteiger partial charge in [-0.05, 0) is 6.42 Å². The minimum atomic E-state index is -1.08. The summed E-state index contributed by atoms with van der Waals surface area (Å²) in [7, 11) is 0. The normalized spacial score (nSPS) is 30.9. The van der Waals surface area contributed by atoms with Crippen LogP contribution in [0.5, 0.6) is 0 Å². The highest BCUT2D eigenvalue weighted by Gasteiger charge is 2.44. The fourth-order valence-corrected chi connectivity index (χ4v) is 2.79. The summed E-state index contributed by atoms with van der Waals surface area (Å²) in [6.45, 7) is 4.38. The van der Waals surface area contributed by atoms with Gasteiger partial charge in [0.1, 0.15) is 0 Å². The Bertz CT molecular complexity index is 232. The fraction of sp³-hybridized carbons (Fsp3) is 1.00. The van der Waals surface area contributed by atoms with Crippen molar-refractivity contribution >= 4 is 0 Å². The average Bonchev–Trinajstić information content (AvgIpc) is 2.65. The molecule has 3 atom stereocenters. The molecule has 19 heavy (non-hydrogen) atoms. The van der Waals surface area contributed by atoms with Crippen molar-refractivity contribution in [1.82, 2.24) is 0 Å². The zero-order chi connectivity index (χ0) is 14.1. The van der Waals surface area contributed by atoms with E-state index in [1.807, 2.05) is 6.92 Å². The van der Waals surface area contributed by atoms with E-state index in [1.165, 1.54) is 44.9 Å². The first-order valence-electron chi connectivity index (χ1n) is 8.14. The monoisotopic (exact) mass is 272 g/mol. The fourth-order valence-electron chi connectivity index (χ4n) is 2.79. The number of aliphatic hydroxyl groups is 2. The highest BCUT2D eigenvalue weighted by molar-refractivity contribution is 4.86. The van der Waals surface area contributed by atoms with Crippen LogP contribution in [-0.4, -0.2) is 28.7 Å². The van der Waals surface area contributed by atoms with Crippen LogP contribution in [0, 0.1) is 5.92 Å². The summed E-state index contributed by atoms with van der Waals surface area (Å²) < 4.78 is 5.34. The molecule has 0 amide bonds. The van der Waals surface area contributed by atoms with Crippen molar-refractivity contribution in [3.05, 3.63) is 0 Å². The van der Waals surface area contributed by atoms with Crippen LogP contribution >= 0.6 is 0 Å². The molecule has 1 saturated heterocycles. The van der Waals surface area contributed by atoms with Crippen molar-refractivity contribution in [1.29, 1.82) is 0 Å². The molecule has 3 nitrogen and oxygen atoms in total. The van der Waals surface area contributed by atoms with Crippen LogP contribution in [0.3, 0.4) is 0 Å². The third kappa shape index (κ3) is 5.80. The average molecular weight is 272 g/mol. The lowest BCUT2D eigenvalue weighted by Crippen LogP contribution is -2.36. The smallest absolute Gasteiger partial charge is 0.170 e. The molecule has 0 aromatic heterocycles. The van der Waals surface area contributed by atoms with E-state index in [0.29, 0.717) is 6.42 Å². The quantitative estimate of drug-likeness (QED) is 0.597. The van der Waals surface area contributed by atoms with Gasteiger partial charge in [-0.15, -0.1) is 0 Å². The third-order valence-electron chi connectivity index (χ3n) is 4.43. The molecule has 1 aliphatic rings. The standard InChI is InChI=1S/C16H32O3/c1-3-4-5-6-7-8-9-10-11-12-16(18)14(2)15(17)13-19-16/h14-15,17-18H,3-13H2,1-2H3. The molecule has 1 heterocycles. The second kappa shape index (κ2) is 8.93. The number of hydrogen-bond donors (Lipinski definition) is 2. The Balaban J connectivity index is 1.96. The van der Waals surface area contributed by atoms with E-state index in [0.717, 1.165) is 12.8 Å². The molecule has 1 rings (SSSR count). The summed E-state index contributed by atoms with van der Waals surface area (Å²) in [5.74, 6) is -1.25. The Labute approximate surface area is 118 Å². The van der Waals surface area contributed by atoms with Crippen molar-refractivity contribution in [3.63, 3.8) is 0 Å². The molecule has 0 aromatic carbocycles. The van der Waals surface area contributed by atoms with Gasteiger partial charge in [0.25, 0.3) is 0 Å². The lowest BCUT2D eigenvalue weighted by atomic mass is 9.93. The van der Waals surface area contributed by atoms with Crippen molar-refractivity contribution in [2.24, 2.45) is 5.92 Å². The molecule has 114 valence electrons. The molecule has 2 N–H and O–H groups in total. The zero-order valence-electron chi connectivity index (χ0n) is 12.7. The number of ether oxygens (including phenoxy) is 1. The van der Waals surface area contributed by atoms with Gasteiger partial charge in [-0.2, -0.15) is 0 Å². The summed E-state index contributed by atoms with van der Waals surface area (Å²) >= 11 is 0. The maximum absolute atomic E-state index is 10.2. The maximum atomic E-state index is 10.2. The first kappa shape index (κ1) is 16.9. The molecule has 3 heteroatoms. The number of aliphatic hydroxyl groups excluding tert-OH is 1. The predicted molar refractivity (Wildman–Crippen MR) is 77.9 cm³/mol. The summed E-state index contributed by atoms with van der Waals surface area (Å²) in [6, 6.07) is 0. The van der Waals surface area contributed by atoms with E-state index in [1.54, 1.807) is 0 Å². The van der Waals surface area contributed by atoms with Gasteiger partial charge < -0.3 is 14.9 Å². The highest BCUT2D eigenvalue weighted by Crippen LogP contribution is 2.34. The number of unbranched alkanes of at least 4 members (excludes halogenated alkanes) is 8. The molecule has 0 saturated carbocycles. The highest BCUT2D eigenvalue weighted by atomic mass is 16.6. The second-order valence-electron chi connectivity index (χ2n) is 6.09. The van der Waals surface area contributed by atoms with Crippen LogP contribution < -0.4 is 0 Å². The summed E-state index contributed by atoms with van der Waals surface area (Å²) in [6.07, 6.45) is 11.6. The predicted octanol–water partition coefficient (Wildman–Crippen LogP) is 3.62. The van der Waals surface area contributed by atoms with Gasteiger partial charge in [0.2, 0.25) is 0 Å². The molecule has 1 fully saturated rings.